The minimum atomic E-state index is -1.53. The van der Waals surface area contributed by atoms with Crippen LogP contribution in [0.15, 0.2) is 12.7 Å². The average molecular weight is 143 g/mol. The standard InChI is InChI=1S/C6H9NO3/c1-2-6(9)3-4-7(10)5(6)8/h2,9-10H,1,3-4H2. The molecule has 10 heavy (non-hydrogen) atoms. The lowest BCUT2D eigenvalue weighted by molar-refractivity contribution is -0.166. The first kappa shape index (κ1) is 7.24. The molecular weight excluding hydrogens is 134 g/mol. The van der Waals surface area contributed by atoms with Crippen LogP contribution in [0, 0.1) is 0 Å². The number of carbonyl (C=O) groups excluding carboxylic acids is 1. The maximum Gasteiger partial charge on any atom is 0.281 e. The minimum Gasteiger partial charge on any atom is -0.376 e. The molecule has 1 aliphatic heterocycles. The zero-order valence-corrected chi connectivity index (χ0v) is 5.45. The summed E-state index contributed by atoms with van der Waals surface area (Å²) in [5.74, 6) is -0.692. The third-order valence-electron chi connectivity index (χ3n) is 1.65. The first-order chi connectivity index (χ1) is 4.60. The number of hydrogen-bond acceptors (Lipinski definition) is 3. The van der Waals surface area contributed by atoms with Crippen molar-refractivity contribution in [3.05, 3.63) is 12.7 Å². The van der Waals surface area contributed by atoms with Crippen LogP contribution in [0.3, 0.4) is 0 Å². The zero-order valence-electron chi connectivity index (χ0n) is 5.45. The van der Waals surface area contributed by atoms with Gasteiger partial charge in [-0.25, -0.2) is 5.06 Å². The fraction of sp³-hybridized carbons (Fsp3) is 0.500. The lowest BCUT2D eigenvalue weighted by atomic mass is 10.0. The van der Waals surface area contributed by atoms with Crippen molar-refractivity contribution in [3.63, 3.8) is 0 Å². The fourth-order valence-corrected chi connectivity index (χ4v) is 0.898. The molecular formula is C6H9NO3. The number of nitrogens with zero attached hydrogens (tertiary/aromatic N) is 1. The van der Waals surface area contributed by atoms with Crippen LogP contribution in [-0.4, -0.2) is 33.4 Å². The highest BCUT2D eigenvalue weighted by atomic mass is 16.5. The van der Waals surface area contributed by atoms with Gasteiger partial charge in [-0.05, 0) is 0 Å². The molecule has 1 fully saturated rings. The van der Waals surface area contributed by atoms with Crippen LogP contribution in [0.4, 0.5) is 0 Å². The van der Waals surface area contributed by atoms with E-state index in [0.717, 1.165) is 6.08 Å². The van der Waals surface area contributed by atoms with Crippen LogP contribution >= 0.6 is 0 Å². The molecule has 0 aromatic rings. The first-order valence-electron chi connectivity index (χ1n) is 2.97. The maximum atomic E-state index is 10.8. The molecule has 1 heterocycles. The smallest absolute Gasteiger partial charge is 0.281 e. The van der Waals surface area contributed by atoms with Gasteiger partial charge < -0.3 is 5.11 Å². The van der Waals surface area contributed by atoms with Crippen molar-refractivity contribution in [2.24, 2.45) is 0 Å². The Hall–Kier alpha value is -0.870. The average Bonchev–Trinajstić information content (AvgIpc) is 2.19. The van der Waals surface area contributed by atoms with E-state index in [9.17, 15) is 9.90 Å². The Morgan fingerprint density at radius 1 is 1.80 bits per heavy atom. The first-order valence-corrected chi connectivity index (χ1v) is 2.97. The molecule has 1 rings (SSSR count). The van der Waals surface area contributed by atoms with Crippen molar-refractivity contribution in [2.45, 2.75) is 12.0 Å². The van der Waals surface area contributed by atoms with E-state index in [2.05, 4.69) is 6.58 Å². The number of rotatable bonds is 1. The van der Waals surface area contributed by atoms with E-state index >= 15 is 0 Å². The number of hydrogen-bond donors (Lipinski definition) is 2. The van der Waals surface area contributed by atoms with Crippen LogP contribution < -0.4 is 0 Å². The molecule has 1 amide bonds. The lowest BCUT2D eigenvalue weighted by Crippen LogP contribution is -2.36. The van der Waals surface area contributed by atoms with Crippen molar-refractivity contribution >= 4 is 5.91 Å². The Kier molecular flexibility index (Phi) is 1.50. The molecule has 1 atom stereocenters. The molecule has 0 aromatic carbocycles. The second-order valence-electron chi connectivity index (χ2n) is 2.31. The van der Waals surface area contributed by atoms with Crippen LogP contribution in [0.25, 0.3) is 0 Å². The monoisotopic (exact) mass is 143 g/mol. The minimum absolute atomic E-state index is 0.168. The lowest BCUT2D eigenvalue weighted by Gasteiger charge is -2.13. The number of amides is 1. The fourth-order valence-electron chi connectivity index (χ4n) is 0.898. The largest absolute Gasteiger partial charge is 0.376 e. The summed E-state index contributed by atoms with van der Waals surface area (Å²) in [6.45, 7) is 3.46. The van der Waals surface area contributed by atoms with Crippen molar-refractivity contribution in [1.82, 2.24) is 5.06 Å². The van der Waals surface area contributed by atoms with E-state index in [-0.39, 0.29) is 13.0 Å². The normalized spacial score (nSPS) is 33.0. The van der Waals surface area contributed by atoms with Crippen LogP contribution in [0.5, 0.6) is 0 Å². The van der Waals surface area contributed by atoms with Crippen molar-refractivity contribution in [3.8, 4) is 0 Å². The molecule has 0 radical (unpaired) electrons. The maximum absolute atomic E-state index is 10.8. The second-order valence-corrected chi connectivity index (χ2v) is 2.31. The Bertz CT molecular complexity index is 180. The summed E-state index contributed by atoms with van der Waals surface area (Å²) in [7, 11) is 0. The summed E-state index contributed by atoms with van der Waals surface area (Å²) in [6, 6.07) is 0. The number of aliphatic hydroxyl groups is 1. The number of carbonyl (C=O) groups is 1. The van der Waals surface area contributed by atoms with Crippen LogP contribution in [-0.2, 0) is 4.79 Å². The van der Waals surface area contributed by atoms with Gasteiger partial charge in [-0.1, -0.05) is 12.7 Å². The topological polar surface area (TPSA) is 60.8 Å². The van der Waals surface area contributed by atoms with E-state index in [1.165, 1.54) is 0 Å². The predicted octanol–water partition coefficient (Wildman–Crippen LogP) is -0.475. The van der Waals surface area contributed by atoms with Gasteiger partial charge in [0.05, 0.1) is 6.54 Å². The van der Waals surface area contributed by atoms with Gasteiger partial charge in [0.25, 0.3) is 5.91 Å². The summed E-state index contributed by atoms with van der Waals surface area (Å²) in [5.41, 5.74) is -1.53. The Labute approximate surface area is 58.3 Å². The summed E-state index contributed by atoms with van der Waals surface area (Å²) < 4.78 is 0. The Morgan fingerprint density at radius 2 is 2.40 bits per heavy atom. The molecule has 1 unspecified atom stereocenters. The van der Waals surface area contributed by atoms with Gasteiger partial charge in [-0.15, -0.1) is 0 Å². The second kappa shape index (κ2) is 2.07. The third-order valence-corrected chi connectivity index (χ3v) is 1.65. The van der Waals surface area contributed by atoms with Gasteiger partial charge in [-0.3, -0.25) is 10.0 Å². The van der Waals surface area contributed by atoms with Crippen molar-refractivity contribution in [2.75, 3.05) is 6.54 Å². The Balaban J connectivity index is 2.83. The van der Waals surface area contributed by atoms with E-state index in [4.69, 9.17) is 5.21 Å². The molecule has 1 saturated heterocycles. The van der Waals surface area contributed by atoms with E-state index in [0.29, 0.717) is 5.06 Å². The molecule has 56 valence electrons. The van der Waals surface area contributed by atoms with Crippen LogP contribution in [0.2, 0.25) is 0 Å². The van der Waals surface area contributed by atoms with Gasteiger partial charge in [0.2, 0.25) is 0 Å². The molecule has 0 bridgehead atoms. The van der Waals surface area contributed by atoms with E-state index < -0.39 is 11.5 Å². The Morgan fingerprint density at radius 3 is 2.60 bits per heavy atom. The quantitative estimate of drug-likeness (QED) is 0.385. The highest BCUT2D eigenvalue weighted by Gasteiger charge is 2.42. The molecule has 0 spiro atoms. The molecule has 4 heteroatoms. The molecule has 4 nitrogen and oxygen atoms in total. The van der Waals surface area contributed by atoms with Gasteiger partial charge in [-0.2, -0.15) is 0 Å². The van der Waals surface area contributed by atoms with E-state index in [1.54, 1.807) is 0 Å². The third kappa shape index (κ3) is 0.815. The zero-order chi connectivity index (χ0) is 7.78. The van der Waals surface area contributed by atoms with Gasteiger partial charge in [0, 0.05) is 6.42 Å². The summed E-state index contributed by atoms with van der Waals surface area (Å²) in [4.78, 5) is 10.8. The predicted molar refractivity (Wildman–Crippen MR) is 33.3 cm³/mol. The van der Waals surface area contributed by atoms with Gasteiger partial charge in [0.1, 0.15) is 0 Å². The number of hydroxylamine groups is 2. The summed E-state index contributed by atoms with van der Waals surface area (Å²) >= 11 is 0. The van der Waals surface area contributed by atoms with Crippen molar-refractivity contribution in [1.29, 1.82) is 0 Å². The van der Waals surface area contributed by atoms with Gasteiger partial charge >= 0.3 is 0 Å². The van der Waals surface area contributed by atoms with Crippen molar-refractivity contribution < 1.29 is 15.1 Å². The molecule has 0 aromatic heterocycles. The molecule has 1 aliphatic rings. The van der Waals surface area contributed by atoms with E-state index in [1.807, 2.05) is 0 Å². The molecule has 0 saturated carbocycles. The molecule has 2 N–H and O–H groups in total. The SMILES string of the molecule is C=CC1(O)CCN(O)C1=O. The molecule has 0 aliphatic carbocycles. The van der Waals surface area contributed by atoms with Gasteiger partial charge in [0.15, 0.2) is 5.60 Å². The van der Waals surface area contributed by atoms with Crippen LogP contribution in [0.1, 0.15) is 6.42 Å². The highest BCUT2D eigenvalue weighted by Crippen LogP contribution is 2.21. The summed E-state index contributed by atoms with van der Waals surface area (Å²) in [5, 5.41) is 18.5. The highest BCUT2D eigenvalue weighted by molar-refractivity contribution is 5.88. The summed E-state index contributed by atoms with van der Waals surface area (Å²) in [6.07, 6.45) is 1.36.